The molecule has 0 spiro atoms. The molecule has 0 radical (unpaired) electrons. The van der Waals surface area contributed by atoms with Crippen molar-refractivity contribution in [3.63, 3.8) is 0 Å². The maximum atomic E-state index is 9.53. The lowest BCUT2D eigenvalue weighted by molar-refractivity contribution is 0.0776. The Morgan fingerprint density at radius 3 is 2.56 bits per heavy atom. The van der Waals surface area contributed by atoms with E-state index in [2.05, 4.69) is 57.7 Å². The molecule has 1 saturated heterocycles. The fourth-order valence-corrected chi connectivity index (χ4v) is 4.69. The highest BCUT2D eigenvalue weighted by Gasteiger charge is 2.24. The number of nitrogen functional groups attached to an aromatic ring is 1. The fraction of sp³-hybridized carbons (Fsp3) is 0.367. The molecule has 1 aliphatic heterocycles. The SMILES string of the molecule is CCc1c(-c2ccc(CNC3CCOCC3)cc2)noc1-c1nc(-c2ccnc(C(C)(C)C#N)c2)cnc1N. The highest BCUT2D eigenvalue weighted by molar-refractivity contribution is 5.77. The summed E-state index contributed by atoms with van der Waals surface area (Å²) in [5.74, 6) is 0.772. The van der Waals surface area contributed by atoms with E-state index in [-0.39, 0.29) is 5.82 Å². The van der Waals surface area contributed by atoms with Crippen LogP contribution >= 0.6 is 0 Å². The second-order valence-electron chi connectivity index (χ2n) is 10.3. The minimum Gasteiger partial charge on any atom is -0.382 e. The van der Waals surface area contributed by atoms with Crippen LogP contribution in [0, 0.1) is 11.3 Å². The van der Waals surface area contributed by atoms with Crippen LogP contribution in [0.4, 0.5) is 5.82 Å². The lowest BCUT2D eigenvalue weighted by Crippen LogP contribution is -2.34. The van der Waals surface area contributed by atoms with Gasteiger partial charge < -0.3 is 20.3 Å². The maximum absolute atomic E-state index is 9.53. The zero-order valence-corrected chi connectivity index (χ0v) is 22.6. The fourth-order valence-electron chi connectivity index (χ4n) is 4.69. The van der Waals surface area contributed by atoms with E-state index in [1.807, 2.05) is 26.0 Å². The first-order chi connectivity index (χ1) is 18.9. The topological polar surface area (TPSA) is 136 Å². The van der Waals surface area contributed by atoms with Crippen molar-refractivity contribution in [2.45, 2.75) is 58.0 Å². The molecule has 0 aliphatic carbocycles. The molecule has 0 unspecified atom stereocenters. The number of benzene rings is 1. The van der Waals surface area contributed by atoms with Gasteiger partial charge in [0.05, 0.1) is 29.1 Å². The Balaban J connectivity index is 1.41. The summed E-state index contributed by atoms with van der Waals surface area (Å²) in [5.41, 5.74) is 11.9. The van der Waals surface area contributed by atoms with Crippen LogP contribution < -0.4 is 11.1 Å². The van der Waals surface area contributed by atoms with Gasteiger partial charge in [-0.25, -0.2) is 9.97 Å². The molecule has 39 heavy (non-hydrogen) atoms. The number of ether oxygens (including phenoxy) is 1. The second-order valence-corrected chi connectivity index (χ2v) is 10.3. The molecule has 1 fully saturated rings. The number of nitrogens with zero attached hydrogens (tertiary/aromatic N) is 5. The quantitative estimate of drug-likeness (QED) is 0.324. The number of hydrogen-bond acceptors (Lipinski definition) is 9. The highest BCUT2D eigenvalue weighted by Crippen LogP contribution is 2.35. The summed E-state index contributed by atoms with van der Waals surface area (Å²) in [6.07, 6.45) is 6.07. The van der Waals surface area contributed by atoms with Crippen LogP contribution in [0.1, 0.15) is 50.4 Å². The molecule has 1 aromatic carbocycles. The van der Waals surface area contributed by atoms with Crippen LogP contribution in [0.5, 0.6) is 0 Å². The van der Waals surface area contributed by atoms with Crippen LogP contribution in [0.2, 0.25) is 0 Å². The molecule has 1 aliphatic rings. The van der Waals surface area contributed by atoms with E-state index >= 15 is 0 Å². The zero-order valence-electron chi connectivity index (χ0n) is 22.6. The standard InChI is InChI=1S/C30H33N7O2/c1-4-23-26(20-7-5-19(6-8-20)16-34-22-10-13-38-14-11-22)37-39-28(23)27-29(32)35-17-24(36-27)21-9-12-33-25(15-21)30(2,3)18-31/h5-9,12,15,17,22,34H,4,10-11,13-14,16H2,1-3H3,(H2,32,35). The molecular weight excluding hydrogens is 490 g/mol. The third kappa shape index (κ3) is 5.67. The summed E-state index contributed by atoms with van der Waals surface area (Å²) in [6.45, 7) is 8.18. The van der Waals surface area contributed by atoms with Gasteiger partial charge in [0.1, 0.15) is 5.69 Å². The first kappa shape index (κ1) is 26.5. The van der Waals surface area contributed by atoms with Crippen LogP contribution in [0.3, 0.4) is 0 Å². The van der Waals surface area contributed by atoms with Crippen LogP contribution in [-0.2, 0) is 23.1 Å². The van der Waals surface area contributed by atoms with Crippen molar-refractivity contribution >= 4 is 5.82 Å². The van der Waals surface area contributed by atoms with Gasteiger partial charge in [0.25, 0.3) is 0 Å². The minimum atomic E-state index is -0.730. The molecule has 3 aromatic heterocycles. The monoisotopic (exact) mass is 523 g/mol. The Bertz CT molecular complexity index is 1480. The van der Waals surface area contributed by atoms with Gasteiger partial charge in [0, 0.05) is 48.7 Å². The highest BCUT2D eigenvalue weighted by atomic mass is 16.5. The Morgan fingerprint density at radius 2 is 1.85 bits per heavy atom. The normalized spacial score (nSPS) is 14.3. The van der Waals surface area contributed by atoms with E-state index in [1.165, 1.54) is 5.56 Å². The van der Waals surface area contributed by atoms with E-state index in [9.17, 15) is 5.26 Å². The molecule has 9 nitrogen and oxygen atoms in total. The molecule has 200 valence electrons. The number of nitrogens with one attached hydrogen (secondary N) is 1. The Morgan fingerprint density at radius 1 is 1.08 bits per heavy atom. The van der Waals surface area contributed by atoms with Crippen molar-refractivity contribution < 1.29 is 9.26 Å². The predicted molar refractivity (Wildman–Crippen MR) is 149 cm³/mol. The Kier molecular flexibility index (Phi) is 7.68. The predicted octanol–water partition coefficient (Wildman–Crippen LogP) is 5.07. The van der Waals surface area contributed by atoms with Gasteiger partial charge in [0.2, 0.25) is 0 Å². The maximum Gasteiger partial charge on any atom is 0.192 e. The lowest BCUT2D eigenvalue weighted by atomic mass is 9.90. The van der Waals surface area contributed by atoms with Gasteiger partial charge in [-0.3, -0.25) is 4.98 Å². The summed E-state index contributed by atoms with van der Waals surface area (Å²) >= 11 is 0. The molecule has 0 bridgehead atoms. The van der Waals surface area contributed by atoms with Crippen molar-refractivity contribution in [1.29, 1.82) is 5.26 Å². The molecule has 4 heterocycles. The largest absolute Gasteiger partial charge is 0.382 e. The summed E-state index contributed by atoms with van der Waals surface area (Å²) in [4.78, 5) is 13.6. The average molecular weight is 524 g/mol. The first-order valence-corrected chi connectivity index (χ1v) is 13.3. The van der Waals surface area contributed by atoms with Crippen molar-refractivity contribution in [3.8, 4) is 40.0 Å². The minimum absolute atomic E-state index is 0.261. The summed E-state index contributed by atoms with van der Waals surface area (Å²) in [5, 5.41) is 17.6. The van der Waals surface area contributed by atoms with E-state index in [4.69, 9.17) is 20.0 Å². The summed E-state index contributed by atoms with van der Waals surface area (Å²) in [7, 11) is 0. The number of nitriles is 1. The molecule has 5 rings (SSSR count). The number of rotatable bonds is 8. The first-order valence-electron chi connectivity index (χ1n) is 13.3. The molecule has 0 amide bonds. The van der Waals surface area contributed by atoms with Crippen LogP contribution in [-0.4, -0.2) is 39.4 Å². The molecule has 0 atom stereocenters. The van der Waals surface area contributed by atoms with E-state index in [0.29, 0.717) is 35.3 Å². The van der Waals surface area contributed by atoms with Gasteiger partial charge in [-0.2, -0.15) is 5.26 Å². The molecule has 0 saturated carbocycles. The lowest BCUT2D eigenvalue weighted by Gasteiger charge is -2.23. The Hall–Kier alpha value is -4.13. The second kappa shape index (κ2) is 11.3. The number of nitrogens with two attached hydrogens (primary N) is 1. The summed E-state index contributed by atoms with van der Waals surface area (Å²) < 4.78 is 11.3. The molecular formula is C30H33N7O2. The molecule has 4 aromatic rings. The molecule has 3 N–H and O–H groups in total. The number of aromatic nitrogens is 4. The van der Waals surface area contributed by atoms with Gasteiger partial charge >= 0.3 is 0 Å². The third-order valence-corrected chi connectivity index (χ3v) is 7.18. The van der Waals surface area contributed by atoms with Gasteiger partial charge in [-0.05, 0) is 50.8 Å². The third-order valence-electron chi connectivity index (χ3n) is 7.18. The van der Waals surface area contributed by atoms with E-state index in [0.717, 1.165) is 55.0 Å². The number of hydrogen-bond donors (Lipinski definition) is 2. The van der Waals surface area contributed by atoms with Crippen LogP contribution in [0.15, 0.2) is 53.3 Å². The van der Waals surface area contributed by atoms with Gasteiger partial charge in [0.15, 0.2) is 17.3 Å². The van der Waals surface area contributed by atoms with Crippen molar-refractivity contribution in [2.75, 3.05) is 18.9 Å². The van der Waals surface area contributed by atoms with Crippen molar-refractivity contribution in [1.82, 2.24) is 25.4 Å². The summed E-state index contributed by atoms with van der Waals surface area (Å²) in [6, 6.07) is 14.9. The van der Waals surface area contributed by atoms with Crippen molar-refractivity contribution in [2.24, 2.45) is 0 Å². The van der Waals surface area contributed by atoms with Gasteiger partial charge in [-0.15, -0.1) is 0 Å². The zero-order chi connectivity index (χ0) is 27.4. The van der Waals surface area contributed by atoms with Crippen LogP contribution in [0.25, 0.3) is 34.0 Å². The van der Waals surface area contributed by atoms with E-state index in [1.54, 1.807) is 12.4 Å². The van der Waals surface area contributed by atoms with Crippen molar-refractivity contribution in [3.05, 3.63) is 65.6 Å². The molecule has 9 heteroatoms. The number of anilines is 1. The number of pyridine rings is 1. The average Bonchev–Trinajstić information content (AvgIpc) is 3.41. The van der Waals surface area contributed by atoms with Gasteiger partial charge in [-0.1, -0.05) is 36.3 Å². The Labute approximate surface area is 228 Å². The van der Waals surface area contributed by atoms with E-state index < -0.39 is 5.41 Å². The smallest absolute Gasteiger partial charge is 0.192 e.